The Morgan fingerprint density at radius 1 is 1.16 bits per heavy atom. The van der Waals surface area contributed by atoms with E-state index in [1.807, 2.05) is 32.9 Å². The van der Waals surface area contributed by atoms with Crippen LogP contribution in [0.2, 0.25) is 0 Å². The fourth-order valence-electron chi connectivity index (χ4n) is 1.09. The molecule has 0 aromatic heterocycles. The van der Waals surface area contributed by atoms with Gasteiger partial charge in [-0.3, -0.25) is 4.79 Å². The van der Waals surface area contributed by atoms with Crippen molar-refractivity contribution in [1.29, 1.82) is 0 Å². The first-order valence-corrected chi connectivity index (χ1v) is 6.24. The Kier molecular flexibility index (Phi) is 13.5. The maximum absolute atomic E-state index is 9.37. The summed E-state index contributed by atoms with van der Waals surface area (Å²) in [7, 11) is 0. The number of carboxylic acid groups (broad SMARTS) is 1. The van der Waals surface area contributed by atoms with E-state index in [2.05, 4.69) is 0 Å². The van der Waals surface area contributed by atoms with Gasteiger partial charge in [0.1, 0.15) is 0 Å². The molecule has 19 heavy (non-hydrogen) atoms. The lowest BCUT2D eigenvalue weighted by atomic mass is 9.88. The van der Waals surface area contributed by atoms with Gasteiger partial charge in [-0.1, -0.05) is 19.1 Å². The molecular formula is C14H26O5. The summed E-state index contributed by atoms with van der Waals surface area (Å²) < 4.78 is 10.6. The number of ether oxygens (including phenoxy) is 2. The van der Waals surface area contributed by atoms with E-state index in [1.165, 1.54) is 0 Å². The normalized spacial score (nSPS) is 13.7. The number of allylic oxidation sites excluding steroid dienone is 2. The van der Waals surface area contributed by atoms with Crippen LogP contribution in [0.25, 0.3) is 0 Å². The Hall–Kier alpha value is -1.49. The molecule has 0 saturated heterocycles. The highest BCUT2D eigenvalue weighted by atomic mass is 16.5. The smallest absolute Gasteiger partial charge is 0.300 e. The lowest BCUT2D eigenvalue weighted by Crippen LogP contribution is -2.34. The van der Waals surface area contributed by atoms with Crippen LogP contribution in [-0.4, -0.2) is 36.0 Å². The van der Waals surface area contributed by atoms with E-state index in [0.717, 1.165) is 13.3 Å². The number of aliphatic hydroxyl groups is 1. The molecule has 0 aromatic rings. The van der Waals surface area contributed by atoms with Crippen LogP contribution in [0.3, 0.4) is 0 Å². The number of rotatable bonds is 8. The molecule has 0 aliphatic heterocycles. The Morgan fingerprint density at radius 3 is 1.74 bits per heavy atom. The number of carbonyl (C=O) groups is 1. The summed E-state index contributed by atoms with van der Waals surface area (Å²) in [6, 6.07) is 0. The second-order valence-electron chi connectivity index (χ2n) is 4.09. The second-order valence-corrected chi connectivity index (χ2v) is 4.09. The molecule has 0 atom stereocenters. The monoisotopic (exact) mass is 274 g/mol. The molecule has 0 aliphatic carbocycles. The molecule has 0 radical (unpaired) electrons. The predicted molar refractivity (Wildman–Crippen MR) is 74.7 cm³/mol. The highest BCUT2D eigenvalue weighted by Gasteiger charge is 2.28. The lowest BCUT2D eigenvalue weighted by molar-refractivity contribution is -0.134. The summed E-state index contributed by atoms with van der Waals surface area (Å²) in [5.41, 5.74) is -0.307. The van der Waals surface area contributed by atoms with E-state index in [9.17, 15) is 5.11 Å². The standard InChI is InChI=1S/C12H22O3.C2H4O2/c1-4-7-14-10-12(6-3,9-13)11-15-8-5-2;1-2(3)4/h4-5,7-8,13H,6,9-11H2,1-3H3;1H3,(H,3,4). The number of aliphatic hydroxyl groups excluding tert-OH is 1. The summed E-state index contributed by atoms with van der Waals surface area (Å²) in [4.78, 5) is 9.00. The van der Waals surface area contributed by atoms with Crippen molar-refractivity contribution in [3.63, 3.8) is 0 Å². The summed E-state index contributed by atoms with van der Waals surface area (Å²) in [5, 5.41) is 16.8. The van der Waals surface area contributed by atoms with Gasteiger partial charge in [-0.2, -0.15) is 0 Å². The van der Waals surface area contributed by atoms with Gasteiger partial charge >= 0.3 is 0 Å². The molecule has 0 unspecified atom stereocenters. The lowest BCUT2D eigenvalue weighted by Gasteiger charge is -2.28. The van der Waals surface area contributed by atoms with Crippen LogP contribution < -0.4 is 0 Å². The molecule has 5 heteroatoms. The molecule has 0 aromatic carbocycles. The van der Waals surface area contributed by atoms with Gasteiger partial charge in [-0.15, -0.1) is 0 Å². The maximum atomic E-state index is 9.37. The zero-order valence-corrected chi connectivity index (χ0v) is 12.3. The van der Waals surface area contributed by atoms with Crippen LogP contribution in [0.1, 0.15) is 34.1 Å². The van der Waals surface area contributed by atoms with Crippen molar-refractivity contribution in [1.82, 2.24) is 0 Å². The van der Waals surface area contributed by atoms with Gasteiger partial charge in [0.05, 0.1) is 37.8 Å². The van der Waals surface area contributed by atoms with Crippen LogP contribution in [0.15, 0.2) is 24.7 Å². The van der Waals surface area contributed by atoms with E-state index in [-0.39, 0.29) is 12.0 Å². The topological polar surface area (TPSA) is 76.0 Å². The maximum Gasteiger partial charge on any atom is 0.300 e. The minimum atomic E-state index is -0.833. The third kappa shape index (κ3) is 12.8. The van der Waals surface area contributed by atoms with Crippen LogP contribution in [0.4, 0.5) is 0 Å². The molecule has 0 amide bonds. The van der Waals surface area contributed by atoms with Gasteiger partial charge in [0, 0.05) is 6.92 Å². The molecule has 2 N–H and O–H groups in total. The van der Waals surface area contributed by atoms with Gasteiger partial charge in [0.15, 0.2) is 0 Å². The van der Waals surface area contributed by atoms with Crippen molar-refractivity contribution in [3.8, 4) is 0 Å². The van der Waals surface area contributed by atoms with E-state index in [1.54, 1.807) is 12.5 Å². The SMILES string of the molecule is CC(=O)O.CC=COCC(CC)(CO)COC=CC. The van der Waals surface area contributed by atoms with Crippen LogP contribution >= 0.6 is 0 Å². The summed E-state index contributed by atoms with van der Waals surface area (Å²) >= 11 is 0. The van der Waals surface area contributed by atoms with Crippen molar-refractivity contribution in [2.45, 2.75) is 34.1 Å². The molecule has 0 heterocycles. The molecule has 0 spiro atoms. The van der Waals surface area contributed by atoms with Gasteiger partial charge < -0.3 is 19.7 Å². The van der Waals surface area contributed by atoms with Gasteiger partial charge in [-0.05, 0) is 20.3 Å². The minimum absolute atomic E-state index is 0.0681. The molecule has 0 bridgehead atoms. The first kappa shape index (κ1) is 19.8. The quantitative estimate of drug-likeness (QED) is 0.665. The fraction of sp³-hybridized carbons (Fsp3) is 0.643. The van der Waals surface area contributed by atoms with E-state index in [4.69, 9.17) is 19.4 Å². The van der Waals surface area contributed by atoms with Crippen molar-refractivity contribution in [2.75, 3.05) is 19.8 Å². The first-order chi connectivity index (χ1) is 8.97. The Labute approximate surface area is 115 Å². The third-order valence-electron chi connectivity index (χ3n) is 2.33. The van der Waals surface area contributed by atoms with E-state index < -0.39 is 5.97 Å². The average molecular weight is 274 g/mol. The van der Waals surface area contributed by atoms with Gasteiger partial charge in [0.2, 0.25) is 0 Å². The largest absolute Gasteiger partial charge is 0.501 e. The van der Waals surface area contributed by atoms with E-state index >= 15 is 0 Å². The van der Waals surface area contributed by atoms with E-state index in [0.29, 0.717) is 13.2 Å². The summed E-state index contributed by atoms with van der Waals surface area (Å²) in [6.45, 7) is 7.91. The number of hydrogen-bond acceptors (Lipinski definition) is 4. The Balaban J connectivity index is 0. The summed E-state index contributed by atoms with van der Waals surface area (Å²) in [6.07, 6.45) is 7.74. The zero-order valence-electron chi connectivity index (χ0n) is 12.3. The Morgan fingerprint density at radius 2 is 1.53 bits per heavy atom. The molecule has 112 valence electrons. The van der Waals surface area contributed by atoms with Crippen LogP contribution in [0, 0.1) is 5.41 Å². The minimum Gasteiger partial charge on any atom is -0.501 e. The van der Waals surface area contributed by atoms with Crippen molar-refractivity contribution < 1.29 is 24.5 Å². The van der Waals surface area contributed by atoms with Crippen molar-refractivity contribution >= 4 is 5.97 Å². The number of hydrogen-bond donors (Lipinski definition) is 2. The second kappa shape index (κ2) is 13.0. The van der Waals surface area contributed by atoms with Gasteiger partial charge in [-0.25, -0.2) is 0 Å². The van der Waals surface area contributed by atoms with Crippen LogP contribution in [0.5, 0.6) is 0 Å². The zero-order chi connectivity index (χ0) is 15.1. The molecule has 0 fully saturated rings. The first-order valence-electron chi connectivity index (χ1n) is 6.24. The fourth-order valence-corrected chi connectivity index (χ4v) is 1.09. The Bertz CT molecular complexity index is 245. The molecule has 0 saturated carbocycles. The molecule has 5 nitrogen and oxygen atoms in total. The molecule has 0 aliphatic rings. The van der Waals surface area contributed by atoms with Crippen molar-refractivity contribution in [2.24, 2.45) is 5.41 Å². The highest BCUT2D eigenvalue weighted by Crippen LogP contribution is 2.22. The average Bonchev–Trinajstić information content (AvgIpc) is 2.37. The molecular weight excluding hydrogens is 248 g/mol. The van der Waals surface area contributed by atoms with Gasteiger partial charge in [0.25, 0.3) is 5.97 Å². The summed E-state index contributed by atoms with van der Waals surface area (Å²) in [5.74, 6) is -0.833. The third-order valence-corrected chi connectivity index (χ3v) is 2.33. The number of carboxylic acids is 1. The predicted octanol–water partition coefficient (Wildman–Crippen LogP) is 2.57. The highest BCUT2D eigenvalue weighted by molar-refractivity contribution is 5.62. The number of aliphatic carboxylic acids is 1. The van der Waals surface area contributed by atoms with Crippen LogP contribution in [-0.2, 0) is 14.3 Å². The van der Waals surface area contributed by atoms with Crippen molar-refractivity contribution in [3.05, 3.63) is 24.7 Å². The molecule has 0 rings (SSSR count).